The number of nitrogens with zero attached hydrogens (tertiary/aromatic N) is 4. The number of aryl methyl sites for hydroxylation is 1. The third-order valence-electron chi connectivity index (χ3n) is 5.84. The molecule has 2 N–H and O–H groups in total. The smallest absolute Gasteiger partial charge is 0.378 e. The van der Waals surface area contributed by atoms with E-state index in [4.69, 9.17) is 20.6 Å². The zero-order valence-corrected chi connectivity index (χ0v) is 17.7. The lowest BCUT2D eigenvalue weighted by Gasteiger charge is -2.28. The number of aromatic nitrogens is 3. The second-order valence-corrected chi connectivity index (χ2v) is 7.69. The van der Waals surface area contributed by atoms with Crippen molar-refractivity contribution >= 4 is 11.5 Å². The molecule has 6 nitrogen and oxygen atoms in total. The number of rotatable bonds is 5. The van der Waals surface area contributed by atoms with E-state index in [1.54, 1.807) is 10.6 Å². The molecule has 9 heteroatoms. The number of imidazole rings is 1. The van der Waals surface area contributed by atoms with Crippen LogP contribution >= 0.6 is 0 Å². The van der Waals surface area contributed by atoms with Gasteiger partial charge < -0.3 is 15.4 Å². The summed E-state index contributed by atoms with van der Waals surface area (Å²) in [6.45, 7) is 6.49. The summed E-state index contributed by atoms with van der Waals surface area (Å²) in [5.74, 6) is 0.815. The van der Waals surface area contributed by atoms with Crippen molar-refractivity contribution in [2.75, 3.05) is 31.2 Å². The van der Waals surface area contributed by atoms with Gasteiger partial charge in [-0.15, -0.1) is 5.10 Å². The molecule has 0 saturated carbocycles. The summed E-state index contributed by atoms with van der Waals surface area (Å²) < 4.78 is 47.4. The van der Waals surface area contributed by atoms with Crippen LogP contribution in [0.2, 0.25) is 0 Å². The Kier molecular flexibility index (Phi) is 5.90. The molecule has 4 rings (SSSR count). The van der Waals surface area contributed by atoms with Crippen LogP contribution in [0.15, 0.2) is 24.3 Å². The molecule has 3 heterocycles. The van der Waals surface area contributed by atoms with Crippen molar-refractivity contribution in [2.45, 2.75) is 39.4 Å². The first-order chi connectivity index (χ1) is 14.8. The predicted molar refractivity (Wildman–Crippen MR) is 112 cm³/mol. The number of hydrogen-bond acceptors (Lipinski definition) is 5. The fourth-order valence-corrected chi connectivity index (χ4v) is 4.07. The summed E-state index contributed by atoms with van der Waals surface area (Å²) in [5.41, 5.74) is 9.26. The normalized spacial score (nSPS) is 15.1. The second kappa shape index (κ2) is 8.47. The molecule has 1 aliphatic rings. The number of morpholine rings is 1. The van der Waals surface area contributed by atoms with Crippen LogP contribution < -0.4 is 10.6 Å². The van der Waals surface area contributed by atoms with Crippen molar-refractivity contribution in [3.8, 4) is 0 Å². The van der Waals surface area contributed by atoms with Gasteiger partial charge in [-0.3, -0.25) is 0 Å². The molecule has 1 aliphatic heterocycles. The molecular weight excluding hydrogens is 407 g/mol. The molecule has 0 unspecified atom stereocenters. The number of nitrogens with two attached hydrogens (primary N) is 1. The molecule has 2 aromatic heterocycles. The Bertz CT molecular complexity index is 1090. The van der Waals surface area contributed by atoms with Crippen molar-refractivity contribution in [3.63, 3.8) is 0 Å². The van der Waals surface area contributed by atoms with Gasteiger partial charge in [-0.1, -0.05) is 19.1 Å². The van der Waals surface area contributed by atoms with Gasteiger partial charge in [0, 0.05) is 31.6 Å². The molecule has 0 spiro atoms. The van der Waals surface area contributed by atoms with Gasteiger partial charge in [0.1, 0.15) is 5.82 Å². The summed E-state index contributed by atoms with van der Waals surface area (Å²) >= 11 is 0. The minimum Gasteiger partial charge on any atom is -0.378 e. The number of anilines is 1. The zero-order valence-electron chi connectivity index (χ0n) is 17.7. The van der Waals surface area contributed by atoms with Gasteiger partial charge >= 0.3 is 6.18 Å². The molecule has 1 aromatic carbocycles. The van der Waals surface area contributed by atoms with Crippen LogP contribution in [0.25, 0.3) is 5.65 Å². The van der Waals surface area contributed by atoms with Crippen LogP contribution in [0, 0.1) is 6.92 Å². The van der Waals surface area contributed by atoms with E-state index in [2.05, 4.69) is 4.90 Å². The van der Waals surface area contributed by atoms with E-state index in [1.165, 1.54) is 13.0 Å². The Morgan fingerprint density at radius 3 is 2.55 bits per heavy atom. The highest BCUT2D eigenvalue weighted by Gasteiger charge is 2.33. The SMILES string of the molecule is CCc1cc(N2CCOCC2)nn2c(Cc3cccc(C(F)(F)F)c3C)c(CN)nc12. The van der Waals surface area contributed by atoms with Crippen molar-refractivity contribution in [1.29, 1.82) is 0 Å². The van der Waals surface area contributed by atoms with Crippen molar-refractivity contribution in [2.24, 2.45) is 5.73 Å². The molecule has 166 valence electrons. The van der Waals surface area contributed by atoms with Gasteiger partial charge in [-0.05, 0) is 36.6 Å². The first kappa shape index (κ1) is 21.6. The third-order valence-corrected chi connectivity index (χ3v) is 5.84. The monoisotopic (exact) mass is 433 g/mol. The minimum absolute atomic E-state index is 0.187. The summed E-state index contributed by atoms with van der Waals surface area (Å²) in [7, 11) is 0. The molecule has 0 amide bonds. The lowest BCUT2D eigenvalue weighted by molar-refractivity contribution is -0.138. The molecule has 0 radical (unpaired) electrons. The maximum absolute atomic E-state index is 13.4. The van der Waals surface area contributed by atoms with Crippen molar-refractivity contribution < 1.29 is 17.9 Å². The van der Waals surface area contributed by atoms with E-state index < -0.39 is 11.7 Å². The molecule has 1 saturated heterocycles. The van der Waals surface area contributed by atoms with Gasteiger partial charge in [0.15, 0.2) is 5.65 Å². The Labute approximate surface area is 178 Å². The standard InChI is InChI=1S/C22H26F3N5O/c1-3-15-12-20(29-7-9-31-10-8-29)28-30-19(18(13-26)27-21(15)30)11-16-5-4-6-17(14(16)2)22(23,24)25/h4-6,12H,3,7-11,13,26H2,1-2H3. The number of halogens is 3. The van der Waals surface area contributed by atoms with Crippen LogP contribution in [0.5, 0.6) is 0 Å². The fourth-order valence-electron chi connectivity index (χ4n) is 4.07. The number of ether oxygens (including phenoxy) is 1. The summed E-state index contributed by atoms with van der Waals surface area (Å²) in [6, 6.07) is 6.31. The maximum Gasteiger partial charge on any atom is 0.416 e. The van der Waals surface area contributed by atoms with Gasteiger partial charge in [-0.2, -0.15) is 13.2 Å². The van der Waals surface area contributed by atoms with Gasteiger partial charge in [0.2, 0.25) is 0 Å². The Balaban J connectivity index is 1.84. The molecule has 31 heavy (non-hydrogen) atoms. The number of fused-ring (bicyclic) bond motifs is 1. The van der Waals surface area contributed by atoms with E-state index in [9.17, 15) is 13.2 Å². The lowest BCUT2D eigenvalue weighted by atomic mass is 9.98. The molecular formula is C22H26F3N5O. The van der Waals surface area contributed by atoms with Crippen LogP contribution in [-0.2, 0) is 30.3 Å². The maximum atomic E-state index is 13.4. The van der Waals surface area contributed by atoms with Crippen LogP contribution in [0.4, 0.5) is 19.0 Å². The predicted octanol–water partition coefficient (Wildman–Crippen LogP) is 3.51. The van der Waals surface area contributed by atoms with Crippen LogP contribution in [0.1, 0.15) is 40.6 Å². The fraction of sp³-hybridized carbons (Fsp3) is 0.455. The zero-order chi connectivity index (χ0) is 22.2. The number of hydrogen-bond donors (Lipinski definition) is 1. The summed E-state index contributed by atoms with van der Waals surface area (Å²) in [5, 5.41) is 4.82. The topological polar surface area (TPSA) is 68.7 Å². The highest BCUT2D eigenvalue weighted by atomic mass is 19.4. The van der Waals surface area contributed by atoms with E-state index in [-0.39, 0.29) is 18.5 Å². The van der Waals surface area contributed by atoms with Crippen molar-refractivity contribution in [3.05, 3.63) is 57.9 Å². The quantitative estimate of drug-likeness (QED) is 0.667. The van der Waals surface area contributed by atoms with Crippen molar-refractivity contribution in [1.82, 2.24) is 14.6 Å². The van der Waals surface area contributed by atoms with Crippen LogP contribution in [0.3, 0.4) is 0 Å². The highest BCUT2D eigenvalue weighted by molar-refractivity contribution is 5.56. The Morgan fingerprint density at radius 1 is 1.16 bits per heavy atom. The van der Waals surface area contributed by atoms with Gasteiger partial charge in [0.25, 0.3) is 0 Å². The summed E-state index contributed by atoms with van der Waals surface area (Å²) in [4.78, 5) is 6.85. The number of benzene rings is 1. The largest absolute Gasteiger partial charge is 0.416 e. The minimum atomic E-state index is -4.40. The molecule has 0 atom stereocenters. The molecule has 1 fully saturated rings. The lowest BCUT2D eigenvalue weighted by Crippen LogP contribution is -2.37. The van der Waals surface area contributed by atoms with Crippen LogP contribution in [-0.4, -0.2) is 40.9 Å². The second-order valence-electron chi connectivity index (χ2n) is 7.69. The Hall–Kier alpha value is -2.65. The van der Waals surface area contributed by atoms with E-state index in [1.807, 2.05) is 13.0 Å². The van der Waals surface area contributed by atoms with E-state index >= 15 is 0 Å². The van der Waals surface area contributed by atoms with E-state index in [0.29, 0.717) is 30.1 Å². The van der Waals surface area contributed by atoms with E-state index in [0.717, 1.165) is 42.7 Å². The highest BCUT2D eigenvalue weighted by Crippen LogP contribution is 2.34. The molecule has 3 aromatic rings. The average Bonchev–Trinajstić information content (AvgIpc) is 3.11. The summed E-state index contributed by atoms with van der Waals surface area (Å²) in [6.07, 6.45) is -3.37. The third kappa shape index (κ3) is 4.12. The first-order valence-electron chi connectivity index (χ1n) is 10.4. The van der Waals surface area contributed by atoms with Gasteiger partial charge in [-0.25, -0.2) is 9.50 Å². The molecule has 0 aliphatic carbocycles. The Morgan fingerprint density at radius 2 is 1.90 bits per heavy atom. The average molecular weight is 433 g/mol. The first-order valence-corrected chi connectivity index (χ1v) is 10.4. The van der Waals surface area contributed by atoms with Gasteiger partial charge in [0.05, 0.1) is 30.2 Å². The molecule has 0 bridgehead atoms. The number of alkyl halides is 3.